The monoisotopic (exact) mass is 247 g/mol. The lowest BCUT2D eigenvalue weighted by molar-refractivity contribution is 0.0262. The topological polar surface area (TPSA) is 38.8 Å². The van der Waals surface area contributed by atoms with Crippen molar-refractivity contribution in [3.05, 3.63) is 0 Å². The second kappa shape index (κ2) is 4.55. The predicted molar refractivity (Wildman–Crippen MR) is 49.2 cm³/mol. The van der Waals surface area contributed by atoms with E-state index in [0.29, 0.717) is 26.3 Å². The smallest absolute Gasteiger partial charge is 0.398 e. The molecule has 0 radical (unpaired) electrons. The summed E-state index contributed by atoms with van der Waals surface area (Å²) in [5.74, 6) is 0. The Labute approximate surface area is 90.6 Å². The number of nitrogens with zero attached hydrogens (tertiary/aromatic N) is 1. The number of hydrogen-bond acceptors (Lipinski definition) is 3. The van der Waals surface area contributed by atoms with Gasteiger partial charge in [0.15, 0.2) is 0 Å². The minimum atomic E-state index is -1.99. The Morgan fingerprint density at radius 3 is 2.31 bits per heavy atom. The molecule has 1 saturated heterocycles. The lowest BCUT2D eigenvalue weighted by Gasteiger charge is -2.27. The van der Waals surface area contributed by atoms with Crippen molar-refractivity contribution in [3.63, 3.8) is 0 Å². The van der Waals surface area contributed by atoms with Crippen molar-refractivity contribution >= 4 is 40.9 Å². The van der Waals surface area contributed by atoms with Crippen molar-refractivity contribution in [2.75, 3.05) is 26.3 Å². The molecule has 0 N–H and O–H groups in total. The molecule has 0 atom stereocenters. The highest BCUT2D eigenvalue weighted by atomic mass is 35.6. The Bertz CT molecular complexity index is 188. The van der Waals surface area contributed by atoms with Crippen molar-refractivity contribution in [2.24, 2.45) is 0 Å². The zero-order valence-electron chi connectivity index (χ0n) is 6.63. The van der Waals surface area contributed by atoms with Gasteiger partial charge in [-0.05, 0) is 34.8 Å². The Morgan fingerprint density at radius 1 is 1.31 bits per heavy atom. The number of alkyl halides is 3. The number of ether oxygens (including phenoxy) is 2. The van der Waals surface area contributed by atoms with Crippen molar-refractivity contribution < 1.29 is 14.3 Å². The van der Waals surface area contributed by atoms with E-state index in [9.17, 15) is 4.79 Å². The van der Waals surface area contributed by atoms with Crippen LogP contribution in [0.1, 0.15) is 0 Å². The normalized spacial score (nSPS) is 18.5. The molecule has 0 aromatic heterocycles. The van der Waals surface area contributed by atoms with Gasteiger partial charge in [-0.3, -0.25) is 0 Å². The minimum Gasteiger partial charge on any atom is -0.398 e. The van der Waals surface area contributed by atoms with Crippen LogP contribution in [0.25, 0.3) is 0 Å². The molecule has 1 aliphatic heterocycles. The van der Waals surface area contributed by atoms with Crippen LogP contribution < -0.4 is 0 Å². The molecule has 76 valence electrons. The van der Waals surface area contributed by atoms with E-state index in [1.54, 1.807) is 0 Å². The summed E-state index contributed by atoms with van der Waals surface area (Å²) in [5.41, 5.74) is 0. The van der Waals surface area contributed by atoms with Crippen molar-refractivity contribution in [2.45, 2.75) is 3.98 Å². The molecule has 1 heterocycles. The van der Waals surface area contributed by atoms with Crippen LogP contribution in [0.4, 0.5) is 4.79 Å². The van der Waals surface area contributed by atoms with E-state index in [1.165, 1.54) is 4.90 Å². The zero-order chi connectivity index (χ0) is 9.90. The Hall–Kier alpha value is 0.1000. The molecule has 1 fully saturated rings. The summed E-state index contributed by atoms with van der Waals surface area (Å²) in [6.45, 7) is 1.88. The second-order valence-corrected chi connectivity index (χ2v) is 4.59. The van der Waals surface area contributed by atoms with Gasteiger partial charge in [0.05, 0.1) is 13.2 Å². The van der Waals surface area contributed by atoms with E-state index in [4.69, 9.17) is 39.5 Å². The van der Waals surface area contributed by atoms with Gasteiger partial charge in [-0.15, -0.1) is 0 Å². The van der Waals surface area contributed by atoms with Crippen molar-refractivity contribution in [1.29, 1.82) is 0 Å². The summed E-state index contributed by atoms with van der Waals surface area (Å²) in [6.07, 6.45) is -0.636. The maximum atomic E-state index is 11.2. The maximum absolute atomic E-state index is 11.2. The number of carbonyl (C=O) groups is 1. The first kappa shape index (κ1) is 11.2. The van der Waals surface area contributed by atoms with Gasteiger partial charge in [0, 0.05) is 13.1 Å². The molecule has 0 aromatic rings. The highest BCUT2D eigenvalue weighted by Crippen LogP contribution is 2.28. The third-order valence-electron chi connectivity index (χ3n) is 1.47. The first-order chi connectivity index (χ1) is 5.99. The minimum absolute atomic E-state index is 0.458. The molecule has 0 aromatic carbocycles. The van der Waals surface area contributed by atoms with Gasteiger partial charge in [-0.2, -0.15) is 0 Å². The maximum Gasteiger partial charge on any atom is 0.413 e. The molecule has 13 heavy (non-hydrogen) atoms. The first-order valence-electron chi connectivity index (χ1n) is 3.61. The molecule has 7 heteroatoms. The van der Waals surface area contributed by atoms with Crippen LogP contribution >= 0.6 is 34.8 Å². The molecule has 0 bridgehead atoms. The van der Waals surface area contributed by atoms with Crippen molar-refractivity contribution in [3.8, 4) is 0 Å². The van der Waals surface area contributed by atoms with Crippen LogP contribution in [0.3, 0.4) is 0 Å². The van der Waals surface area contributed by atoms with E-state index < -0.39 is 10.1 Å². The molecule has 4 nitrogen and oxygen atoms in total. The largest absolute Gasteiger partial charge is 0.413 e. The second-order valence-electron chi connectivity index (χ2n) is 2.41. The van der Waals surface area contributed by atoms with Crippen molar-refractivity contribution in [1.82, 2.24) is 4.90 Å². The van der Waals surface area contributed by atoms with Gasteiger partial charge in [-0.25, -0.2) is 4.79 Å². The predicted octanol–water partition coefficient (Wildman–Crippen LogP) is 1.78. The fraction of sp³-hybridized carbons (Fsp3) is 0.833. The summed E-state index contributed by atoms with van der Waals surface area (Å²) in [5, 5.41) is 0. The van der Waals surface area contributed by atoms with Crippen LogP contribution in [0.15, 0.2) is 0 Å². The molecule has 1 rings (SSSR count). The van der Waals surface area contributed by atoms with Gasteiger partial charge in [0.1, 0.15) is 0 Å². The van der Waals surface area contributed by atoms with Gasteiger partial charge in [0.25, 0.3) is 0 Å². The molecule has 1 aliphatic rings. The van der Waals surface area contributed by atoms with Gasteiger partial charge in [-0.1, -0.05) is 0 Å². The molecule has 0 aliphatic carbocycles. The Balaban J connectivity index is 2.38. The number of carbonyl (C=O) groups excluding carboxylic acids is 1. The molecule has 1 amide bonds. The Kier molecular flexibility index (Phi) is 3.91. The van der Waals surface area contributed by atoms with Gasteiger partial charge < -0.3 is 14.4 Å². The van der Waals surface area contributed by atoms with E-state index in [1.807, 2.05) is 0 Å². The van der Waals surface area contributed by atoms with E-state index in [0.717, 1.165) is 0 Å². The molecule has 0 saturated carbocycles. The third-order valence-corrected chi connectivity index (χ3v) is 1.70. The molecule has 0 unspecified atom stereocenters. The van der Waals surface area contributed by atoms with Gasteiger partial charge in [0.2, 0.25) is 0 Å². The average Bonchev–Trinajstić information content (AvgIpc) is 2.03. The average molecular weight is 248 g/mol. The fourth-order valence-corrected chi connectivity index (χ4v) is 1.11. The summed E-state index contributed by atoms with van der Waals surface area (Å²) in [6, 6.07) is 0. The number of rotatable bonds is 0. The van der Waals surface area contributed by atoms with Crippen LogP contribution in [-0.2, 0) is 9.47 Å². The van der Waals surface area contributed by atoms with Gasteiger partial charge >= 0.3 is 10.1 Å². The quantitative estimate of drug-likeness (QED) is 0.614. The summed E-state index contributed by atoms with van der Waals surface area (Å²) in [7, 11) is 0. The highest BCUT2D eigenvalue weighted by molar-refractivity contribution is 6.66. The lowest BCUT2D eigenvalue weighted by Crippen LogP contribution is -2.42. The first-order valence-corrected chi connectivity index (χ1v) is 4.75. The third kappa shape index (κ3) is 4.22. The number of morpholine rings is 1. The van der Waals surface area contributed by atoms with E-state index in [-0.39, 0.29) is 0 Å². The summed E-state index contributed by atoms with van der Waals surface area (Å²) < 4.78 is 7.55. The van der Waals surface area contributed by atoms with E-state index >= 15 is 0 Å². The van der Waals surface area contributed by atoms with Crippen LogP contribution in [-0.4, -0.2) is 41.3 Å². The Morgan fingerprint density at radius 2 is 1.85 bits per heavy atom. The lowest BCUT2D eigenvalue weighted by atomic mass is 10.5. The van der Waals surface area contributed by atoms with E-state index in [2.05, 4.69) is 4.74 Å². The number of halogens is 3. The summed E-state index contributed by atoms with van der Waals surface area (Å²) in [4.78, 5) is 12.6. The summed E-state index contributed by atoms with van der Waals surface area (Å²) >= 11 is 15.8. The molecule has 0 spiro atoms. The SMILES string of the molecule is O=C(OC(Cl)(Cl)Cl)N1CCOCC1. The van der Waals surface area contributed by atoms with Crippen LogP contribution in [0.2, 0.25) is 0 Å². The van der Waals surface area contributed by atoms with Crippen LogP contribution in [0.5, 0.6) is 0 Å². The highest BCUT2D eigenvalue weighted by Gasteiger charge is 2.29. The number of amides is 1. The fourth-order valence-electron chi connectivity index (χ4n) is 0.909. The zero-order valence-corrected chi connectivity index (χ0v) is 8.90. The molecular weight excluding hydrogens is 240 g/mol. The molecular formula is C6H8Cl3NO3. The number of hydrogen-bond donors (Lipinski definition) is 0. The van der Waals surface area contributed by atoms with Crippen LogP contribution in [0, 0.1) is 0 Å². The standard InChI is InChI=1S/C6H8Cl3NO3/c7-6(8,9)13-5(11)10-1-3-12-4-2-10/h1-4H2.